The number of nitrogens with zero attached hydrogens (tertiary/aromatic N) is 1. The molecule has 0 saturated carbocycles. The van der Waals surface area contributed by atoms with Gasteiger partial charge in [0, 0.05) is 11.6 Å². The molecular weight excluding hydrogens is 358 g/mol. The molecule has 0 radical (unpaired) electrons. The summed E-state index contributed by atoms with van der Waals surface area (Å²) in [5.41, 5.74) is -1.56. The number of aliphatic carboxylic acids is 1. The van der Waals surface area contributed by atoms with Crippen molar-refractivity contribution in [2.45, 2.75) is 39.7 Å². The first kappa shape index (κ1) is 21.8. The number of benzene rings is 1. The smallest absolute Gasteiger partial charge is 0.338 e. The summed E-state index contributed by atoms with van der Waals surface area (Å²) in [4.78, 5) is 45.6. The van der Waals surface area contributed by atoms with Gasteiger partial charge in [0.2, 0.25) is 0 Å². The fraction of sp³-hybridized carbons (Fsp3) is 0.389. The Bertz CT molecular complexity index is 789. The van der Waals surface area contributed by atoms with Gasteiger partial charge >= 0.3 is 17.9 Å². The number of rotatable bonds is 7. The van der Waals surface area contributed by atoms with Crippen LogP contribution in [-0.2, 0) is 19.1 Å². The van der Waals surface area contributed by atoms with Crippen LogP contribution in [0.15, 0.2) is 23.8 Å². The Morgan fingerprint density at radius 2 is 1.89 bits per heavy atom. The summed E-state index contributed by atoms with van der Waals surface area (Å²) in [6, 6.07) is 3.57. The van der Waals surface area contributed by atoms with Crippen molar-refractivity contribution >= 4 is 29.7 Å². The quantitative estimate of drug-likeness (QED) is 0.331. The van der Waals surface area contributed by atoms with Crippen LogP contribution in [0.4, 0.5) is 5.69 Å². The summed E-state index contributed by atoms with van der Waals surface area (Å²) in [6.45, 7) is 6.56. The predicted molar refractivity (Wildman–Crippen MR) is 95.1 cm³/mol. The van der Waals surface area contributed by atoms with Gasteiger partial charge in [0.15, 0.2) is 0 Å². The summed E-state index contributed by atoms with van der Waals surface area (Å²) < 4.78 is 9.95. The lowest BCUT2D eigenvalue weighted by molar-refractivity contribution is -0.385. The maximum absolute atomic E-state index is 12.1. The minimum atomic E-state index is -1.29. The molecule has 27 heavy (non-hydrogen) atoms. The molecule has 0 heterocycles. The van der Waals surface area contributed by atoms with Gasteiger partial charge in [-0.15, -0.1) is 0 Å². The van der Waals surface area contributed by atoms with Crippen molar-refractivity contribution in [2.24, 2.45) is 0 Å². The highest BCUT2D eigenvalue weighted by Gasteiger charge is 2.23. The van der Waals surface area contributed by atoms with Crippen molar-refractivity contribution in [1.29, 1.82) is 0 Å². The molecule has 0 bridgehead atoms. The SMILES string of the molecule is CCOC(=O)C(=Cc1ccc(C(=O)OC(C)(C)C)cc1[N+](=O)[O-])CC(=O)O. The number of hydrogen-bond donors (Lipinski definition) is 1. The second-order valence-electron chi connectivity index (χ2n) is 6.49. The molecule has 9 heteroatoms. The third-order valence-corrected chi connectivity index (χ3v) is 3.07. The molecule has 0 aliphatic heterocycles. The van der Waals surface area contributed by atoms with Crippen molar-refractivity contribution in [1.82, 2.24) is 0 Å². The highest BCUT2D eigenvalue weighted by molar-refractivity contribution is 5.99. The van der Waals surface area contributed by atoms with Crippen LogP contribution in [0, 0.1) is 10.1 Å². The Morgan fingerprint density at radius 3 is 2.37 bits per heavy atom. The highest BCUT2D eigenvalue weighted by atomic mass is 16.6. The van der Waals surface area contributed by atoms with Gasteiger partial charge in [0.1, 0.15) is 5.60 Å². The van der Waals surface area contributed by atoms with Gasteiger partial charge in [0.25, 0.3) is 5.69 Å². The normalized spacial score (nSPS) is 11.6. The van der Waals surface area contributed by atoms with Crippen LogP contribution in [-0.4, -0.2) is 40.1 Å². The first-order valence-electron chi connectivity index (χ1n) is 8.06. The van der Waals surface area contributed by atoms with E-state index in [1.807, 2.05) is 0 Å². The molecule has 0 atom stereocenters. The van der Waals surface area contributed by atoms with E-state index in [1.165, 1.54) is 12.1 Å². The zero-order valence-electron chi connectivity index (χ0n) is 15.5. The summed E-state index contributed by atoms with van der Waals surface area (Å²) in [6.07, 6.45) is 0.410. The Morgan fingerprint density at radius 1 is 1.26 bits per heavy atom. The van der Waals surface area contributed by atoms with Crippen molar-refractivity contribution in [2.75, 3.05) is 6.61 Å². The molecule has 9 nitrogen and oxygen atoms in total. The number of carbonyl (C=O) groups is 3. The lowest BCUT2D eigenvalue weighted by Gasteiger charge is -2.19. The number of esters is 2. The topological polar surface area (TPSA) is 133 Å². The highest BCUT2D eigenvalue weighted by Crippen LogP contribution is 2.25. The number of hydrogen-bond acceptors (Lipinski definition) is 7. The summed E-state index contributed by atoms with van der Waals surface area (Å²) in [7, 11) is 0. The van der Waals surface area contributed by atoms with Crippen molar-refractivity contribution < 1.29 is 33.9 Å². The zero-order valence-corrected chi connectivity index (χ0v) is 15.5. The van der Waals surface area contributed by atoms with E-state index in [0.29, 0.717) is 0 Å². The van der Waals surface area contributed by atoms with Crippen molar-refractivity contribution in [3.8, 4) is 0 Å². The first-order chi connectivity index (χ1) is 12.4. The Hall–Kier alpha value is -3.23. The largest absolute Gasteiger partial charge is 0.481 e. The Labute approximate surface area is 155 Å². The Kier molecular flexibility index (Phi) is 7.21. The summed E-state index contributed by atoms with van der Waals surface area (Å²) in [5.74, 6) is -2.91. The van der Waals surface area contributed by atoms with Gasteiger partial charge in [-0.25, -0.2) is 9.59 Å². The van der Waals surface area contributed by atoms with Gasteiger partial charge in [-0.2, -0.15) is 0 Å². The molecule has 1 N–H and O–H groups in total. The number of nitro groups is 1. The van der Waals surface area contributed by atoms with Gasteiger partial charge in [0.05, 0.1) is 29.1 Å². The number of ether oxygens (including phenoxy) is 2. The van der Waals surface area contributed by atoms with E-state index in [2.05, 4.69) is 0 Å². The molecule has 0 amide bonds. The molecule has 0 saturated heterocycles. The van der Waals surface area contributed by atoms with Crippen molar-refractivity contribution in [3.63, 3.8) is 0 Å². The van der Waals surface area contributed by atoms with E-state index in [9.17, 15) is 24.5 Å². The van der Waals surface area contributed by atoms with E-state index in [-0.39, 0.29) is 23.3 Å². The third kappa shape index (κ3) is 6.89. The molecule has 0 aliphatic rings. The van der Waals surface area contributed by atoms with E-state index in [4.69, 9.17) is 14.6 Å². The fourth-order valence-corrected chi connectivity index (χ4v) is 2.04. The lowest BCUT2D eigenvalue weighted by Crippen LogP contribution is -2.23. The first-order valence-corrected chi connectivity index (χ1v) is 8.06. The van der Waals surface area contributed by atoms with Gasteiger partial charge in [-0.05, 0) is 45.9 Å². The van der Waals surface area contributed by atoms with Crippen LogP contribution in [0.2, 0.25) is 0 Å². The molecule has 0 fully saturated rings. The number of nitro benzene ring substituents is 1. The second kappa shape index (κ2) is 8.93. The minimum absolute atomic E-state index is 0.0233. The van der Waals surface area contributed by atoms with Crippen LogP contribution in [0.25, 0.3) is 6.08 Å². The number of carbonyl (C=O) groups excluding carboxylic acids is 2. The third-order valence-electron chi connectivity index (χ3n) is 3.07. The average molecular weight is 379 g/mol. The maximum Gasteiger partial charge on any atom is 0.338 e. The van der Waals surface area contributed by atoms with Crippen LogP contribution in [0.5, 0.6) is 0 Å². The predicted octanol–water partition coefficient (Wildman–Crippen LogP) is 2.97. The van der Waals surface area contributed by atoms with E-state index >= 15 is 0 Å². The fourth-order valence-electron chi connectivity index (χ4n) is 2.04. The van der Waals surface area contributed by atoms with E-state index in [1.54, 1.807) is 27.7 Å². The zero-order chi connectivity index (χ0) is 20.8. The molecule has 1 aromatic rings. The molecule has 1 aromatic carbocycles. The van der Waals surface area contributed by atoms with Gasteiger partial charge < -0.3 is 14.6 Å². The number of carboxylic acid groups (broad SMARTS) is 1. The molecule has 0 aliphatic carbocycles. The molecule has 1 rings (SSSR count). The summed E-state index contributed by atoms with van der Waals surface area (Å²) >= 11 is 0. The van der Waals surface area contributed by atoms with Crippen LogP contribution < -0.4 is 0 Å². The van der Waals surface area contributed by atoms with Crippen LogP contribution in [0.3, 0.4) is 0 Å². The van der Waals surface area contributed by atoms with E-state index < -0.39 is 40.5 Å². The van der Waals surface area contributed by atoms with E-state index in [0.717, 1.165) is 12.1 Å². The standard InChI is InChI=1S/C18H21NO8/c1-5-26-16(22)13(10-15(20)21)8-11-6-7-12(9-14(11)19(24)25)17(23)27-18(2,3)4/h6-9H,5,10H2,1-4H3,(H,20,21). The lowest BCUT2D eigenvalue weighted by atomic mass is 10.0. The molecular formula is C18H21NO8. The monoisotopic (exact) mass is 379 g/mol. The van der Waals surface area contributed by atoms with Crippen molar-refractivity contribution in [3.05, 3.63) is 45.0 Å². The maximum atomic E-state index is 12.1. The molecule has 0 spiro atoms. The number of carboxylic acids is 1. The molecule has 0 aromatic heterocycles. The van der Waals surface area contributed by atoms with Crippen LogP contribution >= 0.6 is 0 Å². The Balaban J connectivity index is 3.37. The molecule has 0 unspecified atom stereocenters. The average Bonchev–Trinajstić information content (AvgIpc) is 2.52. The van der Waals surface area contributed by atoms with Crippen LogP contribution in [0.1, 0.15) is 50.0 Å². The van der Waals surface area contributed by atoms with Gasteiger partial charge in [-0.1, -0.05) is 0 Å². The second-order valence-corrected chi connectivity index (χ2v) is 6.49. The molecule has 146 valence electrons. The minimum Gasteiger partial charge on any atom is -0.481 e. The summed E-state index contributed by atoms with van der Waals surface area (Å²) in [5, 5.41) is 20.3. The van der Waals surface area contributed by atoms with Gasteiger partial charge in [-0.3, -0.25) is 14.9 Å².